The normalized spacial score (nSPS) is 14.4. The number of methoxy groups -OCH3 is 1. The van der Waals surface area contributed by atoms with Gasteiger partial charge in [-0.2, -0.15) is 0 Å². The van der Waals surface area contributed by atoms with Crippen LogP contribution in [0.15, 0.2) is 34.7 Å². The van der Waals surface area contributed by atoms with E-state index in [-0.39, 0.29) is 24.3 Å². The van der Waals surface area contributed by atoms with Gasteiger partial charge in [0.25, 0.3) is 0 Å². The Bertz CT molecular complexity index is 512. The van der Waals surface area contributed by atoms with Gasteiger partial charge in [0.15, 0.2) is 0 Å². The molecule has 1 aromatic heterocycles. The van der Waals surface area contributed by atoms with Crippen molar-refractivity contribution < 1.29 is 13.9 Å². The summed E-state index contributed by atoms with van der Waals surface area (Å²) in [7, 11) is 1.37. The Balaban J connectivity index is 2.32. The van der Waals surface area contributed by atoms with Crippen molar-refractivity contribution in [3.05, 3.63) is 36.1 Å². The fourth-order valence-corrected chi connectivity index (χ4v) is 1.99. The number of rotatable bonds is 4. The molecule has 18 heavy (non-hydrogen) atoms. The highest BCUT2D eigenvalue weighted by molar-refractivity contribution is 5.78. The van der Waals surface area contributed by atoms with E-state index in [9.17, 15) is 4.79 Å². The summed E-state index contributed by atoms with van der Waals surface area (Å²) in [6.45, 7) is 1.86. The van der Waals surface area contributed by atoms with Gasteiger partial charge in [-0.1, -0.05) is 18.2 Å². The summed E-state index contributed by atoms with van der Waals surface area (Å²) >= 11 is 0. The van der Waals surface area contributed by atoms with Crippen molar-refractivity contribution >= 4 is 16.9 Å². The largest absolute Gasteiger partial charge is 0.469 e. The lowest BCUT2D eigenvalue weighted by Crippen LogP contribution is -2.26. The van der Waals surface area contributed by atoms with Gasteiger partial charge in [0.1, 0.15) is 11.3 Å². The molecule has 1 aromatic carbocycles. The van der Waals surface area contributed by atoms with Gasteiger partial charge >= 0.3 is 5.97 Å². The molecule has 0 bridgehead atoms. The van der Waals surface area contributed by atoms with E-state index >= 15 is 0 Å². The number of hydrogen-bond donors (Lipinski definition) is 1. The lowest BCUT2D eigenvalue weighted by atomic mass is 9.95. The Morgan fingerprint density at radius 3 is 2.78 bits per heavy atom. The van der Waals surface area contributed by atoms with E-state index in [2.05, 4.69) is 0 Å². The quantitative estimate of drug-likeness (QED) is 0.843. The average molecular weight is 247 g/mol. The minimum atomic E-state index is -0.280. The molecule has 0 amide bonds. The molecule has 1 heterocycles. The van der Waals surface area contributed by atoms with E-state index in [1.807, 2.05) is 37.3 Å². The number of para-hydroxylation sites is 1. The molecule has 0 radical (unpaired) electrons. The van der Waals surface area contributed by atoms with Crippen LogP contribution >= 0.6 is 0 Å². The zero-order valence-corrected chi connectivity index (χ0v) is 10.6. The van der Waals surface area contributed by atoms with Gasteiger partial charge in [-0.15, -0.1) is 0 Å². The summed E-state index contributed by atoms with van der Waals surface area (Å²) in [4.78, 5) is 11.4. The maximum absolute atomic E-state index is 11.4. The van der Waals surface area contributed by atoms with E-state index in [1.165, 1.54) is 7.11 Å². The van der Waals surface area contributed by atoms with Gasteiger partial charge in [-0.25, -0.2) is 0 Å². The lowest BCUT2D eigenvalue weighted by Gasteiger charge is -2.16. The Morgan fingerprint density at radius 2 is 2.17 bits per heavy atom. The van der Waals surface area contributed by atoms with E-state index in [1.54, 1.807) is 0 Å². The molecule has 0 fully saturated rings. The fourth-order valence-electron chi connectivity index (χ4n) is 1.99. The van der Waals surface area contributed by atoms with Gasteiger partial charge < -0.3 is 14.9 Å². The van der Waals surface area contributed by atoms with Gasteiger partial charge in [0.05, 0.1) is 13.5 Å². The predicted molar refractivity (Wildman–Crippen MR) is 69.2 cm³/mol. The number of nitrogens with two attached hydrogens (primary N) is 1. The maximum atomic E-state index is 11.4. The highest BCUT2D eigenvalue weighted by Gasteiger charge is 2.24. The Hall–Kier alpha value is -1.81. The summed E-state index contributed by atoms with van der Waals surface area (Å²) in [5.74, 6) is 0.291. The van der Waals surface area contributed by atoms with Crippen LogP contribution in [0.1, 0.15) is 25.0 Å². The molecule has 0 spiro atoms. The molecule has 2 N–H and O–H groups in total. The highest BCUT2D eigenvalue weighted by atomic mass is 16.5. The molecule has 2 rings (SSSR count). The molecular weight excluding hydrogens is 230 g/mol. The number of ether oxygens (including phenoxy) is 1. The van der Waals surface area contributed by atoms with Crippen LogP contribution < -0.4 is 5.73 Å². The van der Waals surface area contributed by atoms with Gasteiger partial charge in [-0.05, 0) is 19.1 Å². The second kappa shape index (κ2) is 5.23. The number of furan rings is 1. The Morgan fingerprint density at radius 1 is 1.44 bits per heavy atom. The number of fused-ring (bicyclic) bond motifs is 1. The molecule has 4 nitrogen and oxygen atoms in total. The zero-order valence-electron chi connectivity index (χ0n) is 10.6. The molecule has 0 aliphatic carbocycles. The standard InChI is InChI=1S/C14H17NO3/c1-9(15)11(8-14(16)17-2)13-7-10-5-3-4-6-12(10)18-13/h3-7,9,11H,8,15H2,1-2H3. The molecule has 2 aromatic rings. The Kier molecular flexibility index (Phi) is 3.67. The topological polar surface area (TPSA) is 65.5 Å². The third-order valence-corrected chi connectivity index (χ3v) is 3.06. The molecule has 4 heteroatoms. The second-order valence-electron chi connectivity index (χ2n) is 4.43. The SMILES string of the molecule is COC(=O)CC(c1cc2ccccc2o1)C(C)N. The van der Waals surface area contributed by atoms with Crippen molar-refractivity contribution in [1.29, 1.82) is 0 Å². The molecule has 96 valence electrons. The van der Waals surface area contributed by atoms with Crippen LogP contribution in [0.25, 0.3) is 11.0 Å². The Labute approximate surface area is 106 Å². The first-order chi connectivity index (χ1) is 8.61. The van der Waals surface area contributed by atoms with Crippen LogP contribution in [-0.4, -0.2) is 19.1 Å². The summed E-state index contributed by atoms with van der Waals surface area (Å²) in [6, 6.07) is 9.49. The summed E-state index contributed by atoms with van der Waals surface area (Å²) < 4.78 is 10.4. The van der Waals surface area contributed by atoms with Crippen LogP contribution in [0.2, 0.25) is 0 Å². The number of esters is 1. The third kappa shape index (κ3) is 2.54. The third-order valence-electron chi connectivity index (χ3n) is 3.06. The minimum Gasteiger partial charge on any atom is -0.469 e. The van der Waals surface area contributed by atoms with Gasteiger partial charge in [0, 0.05) is 17.3 Å². The molecule has 2 unspecified atom stereocenters. The summed E-state index contributed by atoms with van der Waals surface area (Å²) in [5.41, 5.74) is 6.73. The molecule has 0 saturated carbocycles. The van der Waals surface area contributed by atoms with Crippen LogP contribution in [0.5, 0.6) is 0 Å². The van der Waals surface area contributed by atoms with Crippen LogP contribution in [-0.2, 0) is 9.53 Å². The van der Waals surface area contributed by atoms with Gasteiger partial charge in [-0.3, -0.25) is 4.79 Å². The monoisotopic (exact) mass is 247 g/mol. The first kappa shape index (κ1) is 12.6. The van der Waals surface area contributed by atoms with E-state index in [0.29, 0.717) is 0 Å². The lowest BCUT2D eigenvalue weighted by molar-refractivity contribution is -0.141. The number of hydrogen-bond acceptors (Lipinski definition) is 4. The second-order valence-corrected chi connectivity index (χ2v) is 4.43. The van der Waals surface area contributed by atoms with Crippen molar-refractivity contribution in [2.45, 2.75) is 25.3 Å². The highest BCUT2D eigenvalue weighted by Crippen LogP contribution is 2.29. The first-order valence-electron chi connectivity index (χ1n) is 5.92. The summed E-state index contributed by atoms with van der Waals surface area (Å²) in [6.07, 6.45) is 0.230. The van der Waals surface area contributed by atoms with Crippen LogP contribution in [0.3, 0.4) is 0 Å². The van der Waals surface area contributed by atoms with Gasteiger partial charge in [0.2, 0.25) is 0 Å². The minimum absolute atomic E-state index is 0.162. The molecular formula is C14H17NO3. The number of benzene rings is 1. The number of carbonyl (C=O) groups is 1. The maximum Gasteiger partial charge on any atom is 0.306 e. The first-order valence-corrected chi connectivity index (χ1v) is 5.92. The van der Waals surface area contributed by atoms with E-state index in [0.717, 1.165) is 16.7 Å². The zero-order chi connectivity index (χ0) is 13.1. The van der Waals surface area contributed by atoms with Crippen LogP contribution in [0.4, 0.5) is 0 Å². The number of carbonyl (C=O) groups excluding carboxylic acids is 1. The van der Waals surface area contributed by atoms with E-state index < -0.39 is 0 Å². The van der Waals surface area contributed by atoms with Crippen LogP contribution in [0, 0.1) is 0 Å². The van der Waals surface area contributed by atoms with Crippen molar-refractivity contribution in [2.24, 2.45) is 5.73 Å². The van der Waals surface area contributed by atoms with Crippen molar-refractivity contribution in [2.75, 3.05) is 7.11 Å². The van der Waals surface area contributed by atoms with Crippen molar-refractivity contribution in [3.8, 4) is 0 Å². The van der Waals surface area contributed by atoms with Crippen molar-refractivity contribution in [1.82, 2.24) is 0 Å². The molecule has 2 atom stereocenters. The van der Waals surface area contributed by atoms with E-state index in [4.69, 9.17) is 14.9 Å². The summed E-state index contributed by atoms with van der Waals surface area (Å²) in [5, 5.41) is 1.02. The molecule has 0 aliphatic heterocycles. The molecule has 0 aliphatic rings. The average Bonchev–Trinajstić information content (AvgIpc) is 2.78. The van der Waals surface area contributed by atoms with Crippen molar-refractivity contribution in [3.63, 3.8) is 0 Å². The fraction of sp³-hybridized carbons (Fsp3) is 0.357. The molecule has 0 saturated heterocycles. The predicted octanol–water partition coefficient (Wildman–Crippen LogP) is 2.43. The smallest absolute Gasteiger partial charge is 0.306 e.